The first kappa shape index (κ1) is 12.0. The van der Waals surface area contributed by atoms with E-state index < -0.39 is 0 Å². The first-order valence-electron chi connectivity index (χ1n) is 6.20. The van der Waals surface area contributed by atoms with Crippen LogP contribution in [0.4, 0.5) is 5.69 Å². The maximum Gasteiger partial charge on any atom is 0.0691 e. The normalized spacial score (nSPS) is 17.6. The molecule has 3 heteroatoms. The van der Waals surface area contributed by atoms with Gasteiger partial charge in [-0.3, -0.25) is 4.98 Å². The molecule has 0 radical (unpaired) electrons. The molecule has 92 valence electrons. The lowest BCUT2D eigenvalue weighted by Gasteiger charge is -2.16. The number of fused-ring (bicyclic) bond motifs is 1. The quantitative estimate of drug-likeness (QED) is 0.825. The van der Waals surface area contributed by atoms with E-state index in [9.17, 15) is 0 Å². The molecule has 0 amide bonds. The Kier molecular flexibility index (Phi) is 3.24. The molecule has 0 fully saturated rings. The van der Waals surface area contributed by atoms with Gasteiger partial charge in [0.1, 0.15) is 0 Å². The SMILES string of the molecule is Cc1ccc(I)cc1NC1CCc2cccnc21. The summed E-state index contributed by atoms with van der Waals surface area (Å²) in [5.41, 5.74) is 5.12. The van der Waals surface area contributed by atoms with Gasteiger partial charge < -0.3 is 5.32 Å². The third kappa shape index (κ3) is 2.23. The van der Waals surface area contributed by atoms with E-state index in [0.29, 0.717) is 6.04 Å². The molecule has 0 spiro atoms. The Morgan fingerprint density at radius 2 is 2.22 bits per heavy atom. The van der Waals surface area contributed by atoms with Crippen LogP contribution in [0.25, 0.3) is 0 Å². The Morgan fingerprint density at radius 1 is 1.33 bits per heavy atom. The van der Waals surface area contributed by atoms with Gasteiger partial charge in [0.05, 0.1) is 11.7 Å². The number of benzene rings is 1. The molecule has 2 aromatic rings. The summed E-state index contributed by atoms with van der Waals surface area (Å²) in [6.07, 6.45) is 4.15. The molecule has 1 atom stereocenters. The van der Waals surface area contributed by atoms with Crippen LogP contribution in [0.5, 0.6) is 0 Å². The highest BCUT2D eigenvalue weighted by atomic mass is 127. The first-order valence-corrected chi connectivity index (χ1v) is 7.28. The highest BCUT2D eigenvalue weighted by Gasteiger charge is 2.23. The van der Waals surface area contributed by atoms with E-state index in [2.05, 4.69) is 64.1 Å². The number of rotatable bonds is 2. The van der Waals surface area contributed by atoms with Crippen molar-refractivity contribution in [3.05, 3.63) is 56.9 Å². The largest absolute Gasteiger partial charge is 0.376 e. The number of anilines is 1. The Labute approximate surface area is 121 Å². The Bertz CT molecular complexity index is 580. The summed E-state index contributed by atoms with van der Waals surface area (Å²) in [5, 5.41) is 3.64. The molecule has 1 aliphatic rings. The van der Waals surface area contributed by atoms with Crippen LogP contribution in [0, 0.1) is 10.5 Å². The molecule has 1 unspecified atom stereocenters. The number of aryl methyl sites for hydroxylation is 2. The number of aromatic nitrogens is 1. The fourth-order valence-corrected chi connectivity index (χ4v) is 2.98. The van der Waals surface area contributed by atoms with Crippen molar-refractivity contribution in [1.29, 1.82) is 0 Å². The van der Waals surface area contributed by atoms with Crippen LogP contribution in [-0.4, -0.2) is 4.98 Å². The fraction of sp³-hybridized carbons (Fsp3) is 0.267. The van der Waals surface area contributed by atoms with Gasteiger partial charge in [-0.25, -0.2) is 0 Å². The van der Waals surface area contributed by atoms with Crippen molar-refractivity contribution in [2.24, 2.45) is 0 Å². The zero-order chi connectivity index (χ0) is 12.5. The molecule has 2 nitrogen and oxygen atoms in total. The van der Waals surface area contributed by atoms with Crippen molar-refractivity contribution in [2.45, 2.75) is 25.8 Å². The molecular formula is C15H15IN2. The van der Waals surface area contributed by atoms with E-state index in [4.69, 9.17) is 0 Å². The summed E-state index contributed by atoms with van der Waals surface area (Å²) in [5.74, 6) is 0. The van der Waals surface area contributed by atoms with E-state index in [1.807, 2.05) is 12.3 Å². The molecule has 1 N–H and O–H groups in total. The van der Waals surface area contributed by atoms with Crippen molar-refractivity contribution in [3.8, 4) is 0 Å². The highest BCUT2D eigenvalue weighted by molar-refractivity contribution is 14.1. The van der Waals surface area contributed by atoms with Crippen LogP contribution < -0.4 is 5.32 Å². The van der Waals surface area contributed by atoms with Crippen molar-refractivity contribution in [1.82, 2.24) is 4.98 Å². The highest BCUT2D eigenvalue weighted by Crippen LogP contribution is 2.33. The molecule has 1 aromatic carbocycles. The lowest BCUT2D eigenvalue weighted by Crippen LogP contribution is -2.09. The zero-order valence-corrected chi connectivity index (χ0v) is 12.4. The van der Waals surface area contributed by atoms with Crippen LogP contribution in [0.3, 0.4) is 0 Å². The van der Waals surface area contributed by atoms with Gasteiger partial charge in [0, 0.05) is 15.5 Å². The minimum Gasteiger partial charge on any atom is -0.376 e. The average molecular weight is 350 g/mol. The molecule has 1 heterocycles. The Balaban J connectivity index is 1.88. The van der Waals surface area contributed by atoms with Gasteiger partial charge >= 0.3 is 0 Å². The monoisotopic (exact) mass is 350 g/mol. The minimum atomic E-state index is 0.359. The van der Waals surface area contributed by atoms with Crippen LogP contribution >= 0.6 is 22.6 Å². The zero-order valence-electron chi connectivity index (χ0n) is 10.3. The number of hydrogen-bond acceptors (Lipinski definition) is 2. The van der Waals surface area contributed by atoms with E-state index in [1.54, 1.807) is 0 Å². The van der Waals surface area contributed by atoms with Crippen LogP contribution in [0.2, 0.25) is 0 Å². The van der Waals surface area contributed by atoms with Crippen molar-refractivity contribution < 1.29 is 0 Å². The smallest absolute Gasteiger partial charge is 0.0691 e. The lowest BCUT2D eigenvalue weighted by atomic mass is 10.1. The molecule has 0 bridgehead atoms. The summed E-state index contributed by atoms with van der Waals surface area (Å²) in [4.78, 5) is 4.52. The van der Waals surface area contributed by atoms with Crippen LogP contribution in [-0.2, 0) is 6.42 Å². The molecule has 1 aliphatic carbocycles. The predicted molar refractivity (Wildman–Crippen MR) is 82.8 cm³/mol. The number of hydrogen-bond donors (Lipinski definition) is 1. The number of nitrogens with one attached hydrogen (secondary N) is 1. The predicted octanol–water partition coefficient (Wildman–Crippen LogP) is 4.09. The second-order valence-corrected chi connectivity index (χ2v) is 5.99. The molecule has 18 heavy (non-hydrogen) atoms. The number of nitrogens with zero attached hydrogens (tertiary/aromatic N) is 1. The Hall–Kier alpha value is -1.10. The maximum atomic E-state index is 4.52. The van der Waals surface area contributed by atoms with E-state index in [0.717, 1.165) is 12.8 Å². The van der Waals surface area contributed by atoms with Gasteiger partial charge in [0.2, 0.25) is 0 Å². The fourth-order valence-electron chi connectivity index (χ4n) is 2.49. The average Bonchev–Trinajstić information content (AvgIpc) is 2.78. The molecular weight excluding hydrogens is 335 g/mol. The summed E-state index contributed by atoms with van der Waals surface area (Å²) in [6.45, 7) is 2.15. The topological polar surface area (TPSA) is 24.9 Å². The summed E-state index contributed by atoms with van der Waals surface area (Å²) in [6, 6.07) is 11.1. The third-order valence-electron chi connectivity index (χ3n) is 3.49. The molecule has 0 saturated carbocycles. The molecule has 0 aliphatic heterocycles. The van der Waals surface area contributed by atoms with Gasteiger partial charge in [-0.2, -0.15) is 0 Å². The second kappa shape index (κ2) is 4.88. The second-order valence-electron chi connectivity index (χ2n) is 4.74. The van der Waals surface area contributed by atoms with Crippen molar-refractivity contribution >= 4 is 28.3 Å². The number of halogens is 1. The summed E-state index contributed by atoms with van der Waals surface area (Å²) < 4.78 is 1.26. The minimum absolute atomic E-state index is 0.359. The van der Waals surface area contributed by atoms with Crippen molar-refractivity contribution in [3.63, 3.8) is 0 Å². The number of pyridine rings is 1. The first-order chi connectivity index (χ1) is 8.74. The van der Waals surface area contributed by atoms with Crippen LogP contribution in [0.1, 0.15) is 29.3 Å². The van der Waals surface area contributed by atoms with E-state index in [-0.39, 0.29) is 0 Å². The van der Waals surface area contributed by atoms with Gasteiger partial charge in [-0.15, -0.1) is 0 Å². The van der Waals surface area contributed by atoms with Crippen molar-refractivity contribution in [2.75, 3.05) is 5.32 Å². The maximum absolute atomic E-state index is 4.52. The molecule has 1 aromatic heterocycles. The summed E-state index contributed by atoms with van der Waals surface area (Å²) >= 11 is 2.35. The summed E-state index contributed by atoms with van der Waals surface area (Å²) in [7, 11) is 0. The van der Waals surface area contributed by atoms with Gasteiger partial charge in [-0.05, 0) is 71.7 Å². The van der Waals surface area contributed by atoms with Gasteiger partial charge in [0.15, 0.2) is 0 Å². The van der Waals surface area contributed by atoms with Gasteiger partial charge in [0.25, 0.3) is 0 Å². The Morgan fingerprint density at radius 3 is 3.11 bits per heavy atom. The van der Waals surface area contributed by atoms with E-state index >= 15 is 0 Å². The van der Waals surface area contributed by atoms with Gasteiger partial charge in [-0.1, -0.05) is 12.1 Å². The van der Waals surface area contributed by atoms with Crippen LogP contribution in [0.15, 0.2) is 36.5 Å². The molecule has 3 rings (SSSR count). The standard InChI is InChI=1S/C15H15IN2/c1-10-4-6-12(16)9-14(10)18-13-7-5-11-3-2-8-17-15(11)13/h2-4,6,8-9,13,18H,5,7H2,1H3. The van der Waals surface area contributed by atoms with E-state index in [1.165, 1.54) is 26.1 Å². The lowest BCUT2D eigenvalue weighted by molar-refractivity contribution is 0.745. The third-order valence-corrected chi connectivity index (χ3v) is 4.16. The molecule has 0 saturated heterocycles.